The van der Waals surface area contributed by atoms with Gasteiger partial charge in [0.25, 0.3) is 0 Å². The third kappa shape index (κ3) is 5.46. The summed E-state index contributed by atoms with van der Waals surface area (Å²) in [6, 6.07) is 4.86. The number of benzene rings is 1. The lowest BCUT2D eigenvalue weighted by molar-refractivity contribution is -0.134. The van der Waals surface area contributed by atoms with Crippen molar-refractivity contribution in [1.82, 2.24) is 9.21 Å². The number of sulfonamides is 1. The molecule has 9 heteroatoms. The van der Waals surface area contributed by atoms with Gasteiger partial charge in [-0.1, -0.05) is 13.8 Å². The van der Waals surface area contributed by atoms with Gasteiger partial charge in [-0.3, -0.25) is 4.79 Å². The van der Waals surface area contributed by atoms with Crippen molar-refractivity contribution in [3.8, 4) is 0 Å². The number of hydrogen-bond donors (Lipinski definition) is 1. The molecule has 8 nitrogen and oxygen atoms in total. The summed E-state index contributed by atoms with van der Waals surface area (Å²) in [5.74, 6) is 1.06. The summed E-state index contributed by atoms with van der Waals surface area (Å²) >= 11 is 0. The Bertz CT molecular complexity index is 932. The van der Waals surface area contributed by atoms with Crippen LogP contribution in [-0.4, -0.2) is 82.1 Å². The Balaban J connectivity index is 1.59. The summed E-state index contributed by atoms with van der Waals surface area (Å²) < 4.78 is 33.3. The fraction of sp³-hybridized carbons (Fsp3) is 0.708. The average Bonchev–Trinajstić information content (AvgIpc) is 3.33. The smallest absolute Gasteiger partial charge is 0.244 e. The molecule has 0 aliphatic carbocycles. The van der Waals surface area contributed by atoms with Gasteiger partial charge in [0.1, 0.15) is 6.04 Å². The molecule has 4 rings (SSSR count). The van der Waals surface area contributed by atoms with Crippen molar-refractivity contribution in [2.75, 3.05) is 62.7 Å². The van der Waals surface area contributed by atoms with E-state index < -0.39 is 16.1 Å². The number of carbonyl (C=O) groups excluding carboxylic acids is 1. The quantitative estimate of drug-likeness (QED) is 0.677. The fourth-order valence-corrected chi connectivity index (χ4v) is 6.81. The second kappa shape index (κ2) is 10.2. The molecule has 3 unspecified atom stereocenters. The molecule has 0 bridgehead atoms. The summed E-state index contributed by atoms with van der Waals surface area (Å²) in [7, 11) is -3.62. The molecule has 3 heterocycles. The molecule has 1 aromatic rings. The summed E-state index contributed by atoms with van der Waals surface area (Å²) in [4.78, 5) is 17.8. The molecule has 1 N–H and O–H groups in total. The third-order valence-electron chi connectivity index (χ3n) is 6.95. The first-order valence-corrected chi connectivity index (χ1v) is 13.7. The van der Waals surface area contributed by atoms with E-state index >= 15 is 0 Å². The van der Waals surface area contributed by atoms with E-state index in [1.165, 1.54) is 4.31 Å². The van der Waals surface area contributed by atoms with Gasteiger partial charge in [-0.2, -0.15) is 4.31 Å². The SMILES string of the molecule is CC1CC(C)CN(C(=O)C(C)Nc2cc(S(=O)(=O)N3CCOCC3)ccc2N2CCCC2)C1. The normalized spacial score (nSPS) is 25.8. The Morgan fingerprint density at radius 3 is 2.33 bits per heavy atom. The zero-order valence-corrected chi connectivity index (χ0v) is 20.9. The van der Waals surface area contributed by atoms with Crippen LogP contribution in [0.5, 0.6) is 0 Å². The van der Waals surface area contributed by atoms with Crippen LogP contribution >= 0.6 is 0 Å². The minimum atomic E-state index is -3.62. The number of hydrogen-bond acceptors (Lipinski definition) is 6. The van der Waals surface area contributed by atoms with Crippen molar-refractivity contribution < 1.29 is 17.9 Å². The molecule has 0 aromatic heterocycles. The van der Waals surface area contributed by atoms with Crippen LogP contribution in [0.15, 0.2) is 23.1 Å². The van der Waals surface area contributed by atoms with Crippen molar-refractivity contribution in [2.24, 2.45) is 11.8 Å². The summed E-state index contributed by atoms with van der Waals surface area (Å²) in [6.45, 7) is 11.2. The highest BCUT2D eigenvalue weighted by Crippen LogP contribution is 2.33. The van der Waals surface area contributed by atoms with Crippen LogP contribution in [0.3, 0.4) is 0 Å². The first-order valence-electron chi connectivity index (χ1n) is 12.3. The largest absolute Gasteiger partial charge is 0.379 e. The van der Waals surface area contributed by atoms with Gasteiger partial charge in [0.2, 0.25) is 15.9 Å². The molecule has 3 aliphatic rings. The average molecular weight is 479 g/mol. The van der Waals surface area contributed by atoms with E-state index in [0.717, 1.165) is 51.1 Å². The highest BCUT2D eigenvalue weighted by molar-refractivity contribution is 7.89. The second-order valence-electron chi connectivity index (χ2n) is 9.94. The molecule has 3 aliphatic heterocycles. The molecular weight excluding hydrogens is 440 g/mol. The maximum Gasteiger partial charge on any atom is 0.244 e. The predicted molar refractivity (Wildman–Crippen MR) is 130 cm³/mol. The fourth-order valence-electron chi connectivity index (χ4n) is 5.37. The molecule has 3 saturated heterocycles. The van der Waals surface area contributed by atoms with E-state index in [-0.39, 0.29) is 10.8 Å². The van der Waals surface area contributed by atoms with Gasteiger partial charge >= 0.3 is 0 Å². The Morgan fingerprint density at radius 1 is 1.06 bits per heavy atom. The van der Waals surface area contributed by atoms with Crippen LogP contribution in [0.4, 0.5) is 11.4 Å². The van der Waals surface area contributed by atoms with Crippen molar-refractivity contribution >= 4 is 27.3 Å². The van der Waals surface area contributed by atoms with Crippen LogP contribution in [0, 0.1) is 11.8 Å². The Hall–Kier alpha value is -1.84. The van der Waals surface area contributed by atoms with Gasteiger partial charge in [-0.25, -0.2) is 8.42 Å². The van der Waals surface area contributed by atoms with Crippen molar-refractivity contribution in [2.45, 2.75) is 51.0 Å². The van der Waals surface area contributed by atoms with E-state index in [4.69, 9.17) is 4.74 Å². The summed E-state index contributed by atoms with van der Waals surface area (Å²) in [5, 5.41) is 3.39. The monoisotopic (exact) mass is 478 g/mol. The Kier molecular flexibility index (Phi) is 7.50. The number of rotatable bonds is 6. The molecule has 0 saturated carbocycles. The van der Waals surface area contributed by atoms with Crippen LogP contribution in [-0.2, 0) is 19.6 Å². The third-order valence-corrected chi connectivity index (χ3v) is 8.84. The lowest BCUT2D eigenvalue weighted by Crippen LogP contribution is -2.48. The molecule has 3 atom stereocenters. The Morgan fingerprint density at radius 2 is 1.70 bits per heavy atom. The van der Waals surface area contributed by atoms with Crippen molar-refractivity contribution in [3.05, 3.63) is 18.2 Å². The number of carbonyl (C=O) groups is 1. The summed E-state index contributed by atoms with van der Waals surface area (Å²) in [5.41, 5.74) is 1.68. The first kappa shape index (κ1) is 24.3. The van der Waals surface area contributed by atoms with Crippen molar-refractivity contribution in [1.29, 1.82) is 0 Å². The second-order valence-corrected chi connectivity index (χ2v) is 11.9. The van der Waals surface area contributed by atoms with E-state index in [1.807, 2.05) is 17.9 Å². The highest BCUT2D eigenvalue weighted by atomic mass is 32.2. The topological polar surface area (TPSA) is 82.2 Å². The molecule has 0 spiro atoms. The standard InChI is InChI=1S/C24H38N4O4S/c1-18-14-19(2)17-27(16-18)24(29)20(3)25-22-15-21(6-7-23(22)26-8-4-5-9-26)33(30,31)28-10-12-32-13-11-28/h6-7,15,18-20,25H,4-5,8-14,16-17H2,1-3H3. The van der Waals surface area contributed by atoms with E-state index in [0.29, 0.717) is 43.8 Å². The molecular formula is C24H38N4O4S. The maximum absolute atomic E-state index is 13.3. The van der Waals surface area contributed by atoms with Gasteiger partial charge in [0, 0.05) is 39.3 Å². The predicted octanol–water partition coefficient (Wildman–Crippen LogP) is 2.61. The number of ether oxygens (including phenoxy) is 1. The van der Waals surface area contributed by atoms with E-state index in [1.54, 1.807) is 12.1 Å². The molecule has 1 amide bonds. The molecule has 184 valence electrons. The molecule has 1 aromatic carbocycles. The van der Waals surface area contributed by atoms with Crippen LogP contribution < -0.4 is 10.2 Å². The highest BCUT2D eigenvalue weighted by Gasteiger charge is 2.31. The Labute approximate surface area is 198 Å². The van der Waals surface area contributed by atoms with E-state index in [9.17, 15) is 13.2 Å². The molecule has 3 fully saturated rings. The number of morpholine rings is 1. The molecule has 33 heavy (non-hydrogen) atoms. The van der Waals surface area contributed by atoms with Crippen LogP contribution in [0.1, 0.15) is 40.0 Å². The minimum absolute atomic E-state index is 0.0715. The number of nitrogens with zero attached hydrogens (tertiary/aromatic N) is 3. The number of anilines is 2. The number of nitrogens with one attached hydrogen (secondary N) is 1. The van der Waals surface area contributed by atoms with Gasteiger partial charge in [-0.05, 0) is 56.2 Å². The lowest BCUT2D eigenvalue weighted by atomic mass is 9.91. The summed E-state index contributed by atoms with van der Waals surface area (Å²) in [6.07, 6.45) is 3.38. The van der Waals surface area contributed by atoms with Crippen molar-refractivity contribution in [3.63, 3.8) is 0 Å². The van der Waals surface area contributed by atoms with Crippen LogP contribution in [0.25, 0.3) is 0 Å². The van der Waals surface area contributed by atoms with E-state index in [2.05, 4.69) is 24.1 Å². The maximum atomic E-state index is 13.3. The first-order chi connectivity index (χ1) is 15.8. The van der Waals surface area contributed by atoms with Gasteiger partial charge in [0.15, 0.2) is 0 Å². The number of amides is 1. The van der Waals surface area contributed by atoms with Gasteiger partial charge in [-0.15, -0.1) is 0 Å². The number of piperidine rings is 1. The van der Waals surface area contributed by atoms with Gasteiger partial charge in [0.05, 0.1) is 29.5 Å². The van der Waals surface area contributed by atoms with Crippen LogP contribution in [0.2, 0.25) is 0 Å². The number of likely N-dealkylation sites (tertiary alicyclic amines) is 1. The van der Waals surface area contributed by atoms with Gasteiger partial charge < -0.3 is 19.9 Å². The molecule has 0 radical (unpaired) electrons. The minimum Gasteiger partial charge on any atom is -0.379 e. The zero-order valence-electron chi connectivity index (χ0n) is 20.1. The zero-order chi connectivity index (χ0) is 23.6. The lowest BCUT2D eigenvalue weighted by Gasteiger charge is -2.37.